The van der Waals surface area contributed by atoms with Gasteiger partial charge in [-0.1, -0.05) is 41.5 Å². The summed E-state index contributed by atoms with van der Waals surface area (Å²) in [6.45, 7) is 14.2. The van der Waals surface area contributed by atoms with E-state index in [9.17, 15) is 4.79 Å². The molecule has 124 valence electrons. The molecule has 1 aliphatic carbocycles. The quantitative estimate of drug-likeness (QED) is 0.712. The molecule has 0 heterocycles. The van der Waals surface area contributed by atoms with Crippen molar-refractivity contribution in [3.05, 3.63) is 47.1 Å². The smallest absolute Gasteiger partial charge is 0.158 e. The zero-order valence-corrected chi connectivity index (χ0v) is 14.9. The van der Waals surface area contributed by atoms with E-state index in [1.54, 1.807) is 0 Å². The van der Waals surface area contributed by atoms with Crippen molar-refractivity contribution in [2.45, 2.75) is 60.3 Å². The first kappa shape index (κ1) is 20.6. The Bertz CT molecular complexity index is 460. The summed E-state index contributed by atoms with van der Waals surface area (Å²) in [4.78, 5) is 11.2. The molecule has 2 nitrogen and oxygen atoms in total. The van der Waals surface area contributed by atoms with Gasteiger partial charge < -0.3 is 5.11 Å². The van der Waals surface area contributed by atoms with Crippen molar-refractivity contribution in [3.8, 4) is 0 Å². The molecule has 1 rings (SSSR count). The first-order valence-corrected chi connectivity index (χ1v) is 8.03. The van der Waals surface area contributed by atoms with Crippen LogP contribution in [0.1, 0.15) is 60.3 Å². The predicted molar refractivity (Wildman–Crippen MR) is 95.8 cm³/mol. The van der Waals surface area contributed by atoms with Crippen LogP contribution in [0.3, 0.4) is 0 Å². The molecular weight excluding hydrogens is 272 g/mol. The second-order valence-corrected chi connectivity index (χ2v) is 6.35. The van der Waals surface area contributed by atoms with Crippen molar-refractivity contribution >= 4 is 5.78 Å². The third-order valence-corrected chi connectivity index (χ3v) is 3.81. The highest BCUT2D eigenvalue weighted by Crippen LogP contribution is 2.25. The Labute approximate surface area is 136 Å². The molecule has 1 aliphatic rings. The number of ketones is 1. The minimum Gasteiger partial charge on any atom is -0.392 e. The molecule has 1 atom stereocenters. The standard InChI is InChI=1S/C10H14O.C10H18O/c1-7(2)9-5-4-8(3)10(11)6-9;1-9(2)5-4-6-10(3)7-8-11/h4,9H,1,5-6H2,2-3H3;5,7,11H,4,6,8H2,1-3H3/b;10-7+/t9-;/m1./s1. The average molecular weight is 304 g/mol. The first-order valence-electron chi connectivity index (χ1n) is 8.03. The van der Waals surface area contributed by atoms with Crippen LogP contribution in [0.4, 0.5) is 0 Å². The fourth-order valence-electron chi connectivity index (χ4n) is 2.12. The summed E-state index contributed by atoms with van der Waals surface area (Å²) in [5, 5.41) is 8.55. The van der Waals surface area contributed by atoms with Crippen LogP contribution in [0.25, 0.3) is 0 Å². The molecule has 1 N–H and O–H groups in total. The average Bonchev–Trinajstić information content (AvgIpc) is 2.42. The van der Waals surface area contributed by atoms with E-state index >= 15 is 0 Å². The molecular formula is C20H32O2. The fraction of sp³-hybridized carbons (Fsp3) is 0.550. The molecule has 0 radical (unpaired) electrons. The molecule has 0 saturated heterocycles. The van der Waals surface area contributed by atoms with E-state index in [2.05, 4.69) is 33.4 Å². The Morgan fingerprint density at radius 3 is 2.41 bits per heavy atom. The van der Waals surface area contributed by atoms with Crippen molar-refractivity contribution in [2.24, 2.45) is 5.92 Å². The van der Waals surface area contributed by atoms with E-state index in [4.69, 9.17) is 5.11 Å². The molecule has 22 heavy (non-hydrogen) atoms. The highest BCUT2D eigenvalue weighted by atomic mass is 16.2. The van der Waals surface area contributed by atoms with Crippen molar-refractivity contribution < 1.29 is 9.90 Å². The summed E-state index contributed by atoms with van der Waals surface area (Å²) in [5.41, 5.74) is 4.68. The summed E-state index contributed by atoms with van der Waals surface area (Å²) in [5.74, 6) is 0.676. The lowest BCUT2D eigenvalue weighted by Gasteiger charge is -2.18. The summed E-state index contributed by atoms with van der Waals surface area (Å²) >= 11 is 0. The number of carbonyl (C=O) groups excluding carboxylic acids is 1. The number of allylic oxidation sites excluding steroid dienone is 6. The maximum absolute atomic E-state index is 11.2. The van der Waals surface area contributed by atoms with Gasteiger partial charge in [0.2, 0.25) is 0 Å². The fourth-order valence-corrected chi connectivity index (χ4v) is 2.12. The van der Waals surface area contributed by atoms with Gasteiger partial charge in [-0.25, -0.2) is 0 Å². The van der Waals surface area contributed by atoms with E-state index in [0.29, 0.717) is 12.3 Å². The molecule has 0 aromatic carbocycles. The molecule has 2 heteroatoms. The molecule has 0 aromatic heterocycles. The van der Waals surface area contributed by atoms with Crippen LogP contribution >= 0.6 is 0 Å². The second-order valence-electron chi connectivity index (χ2n) is 6.35. The summed E-state index contributed by atoms with van der Waals surface area (Å²) in [6.07, 6.45) is 9.90. The number of Topliss-reactive ketones (excluding diaryl/α,β-unsaturated/α-hetero) is 1. The maximum Gasteiger partial charge on any atom is 0.158 e. The third kappa shape index (κ3) is 9.51. The highest BCUT2D eigenvalue weighted by molar-refractivity contribution is 5.95. The molecule has 0 spiro atoms. The zero-order chi connectivity index (χ0) is 17.1. The van der Waals surface area contributed by atoms with Gasteiger partial charge in [-0.15, -0.1) is 0 Å². The predicted octanol–water partition coefficient (Wildman–Crippen LogP) is 5.16. The van der Waals surface area contributed by atoms with Crippen LogP contribution < -0.4 is 0 Å². The van der Waals surface area contributed by atoms with Crippen LogP contribution in [-0.4, -0.2) is 17.5 Å². The number of aliphatic hydroxyl groups is 1. The Kier molecular flexibility index (Phi) is 10.5. The molecule has 0 aliphatic heterocycles. The van der Waals surface area contributed by atoms with E-state index in [-0.39, 0.29) is 12.4 Å². The summed E-state index contributed by atoms with van der Waals surface area (Å²) in [6, 6.07) is 0. The number of hydrogen-bond acceptors (Lipinski definition) is 2. The summed E-state index contributed by atoms with van der Waals surface area (Å²) in [7, 11) is 0. The number of rotatable bonds is 5. The minimum atomic E-state index is 0.167. The van der Waals surface area contributed by atoms with Gasteiger partial charge in [-0.2, -0.15) is 0 Å². The van der Waals surface area contributed by atoms with Gasteiger partial charge in [-0.3, -0.25) is 4.79 Å². The second kappa shape index (κ2) is 11.2. The topological polar surface area (TPSA) is 37.3 Å². The lowest BCUT2D eigenvalue weighted by Crippen LogP contribution is -2.14. The van der Waals surface area contributed by atoms with Gasteiger partial charge in [0.25, 0.3) is 0 Å². The molecule has 0 amide bonds. The minimum absolute atomic E-state index is 0.167. The Hall–Kier alpha value is -1.41. The van der Waals surface area contributed by atoms with Crippen molar-refractivity contribution in [3.63, 3.8) is 0 Å². The molecule has 0 bridgehead atoms. The van der Waals surface area contributed by atoms with Gasteiger partial charge >= 0.3 is 0 Å². The lowest BCUT2D eigenvalue weighted by molar-refractivity contribution is -0.116. The van der Waals surface area contributed by atoms with E-state index in [1.807, 2.05) is 26.0 Å². The zero-order valence-electron chi connectivity index (χ0n) is 14.9. The van der Waals surface area contributed by atoms with Crippen LogP contribution in [0, 0.1) is 5.92 Å². The number of aliphatic hydroxyl groups excluding tert-OH is 1. The number of hydrogen-bond donors (Lipinski definition) is 1. The van der Waals surface area contributed by atoms with Crippen LogP contribution in [0.2, 0.25) is 0 Å². The normalized spacial score (nSPS) is 18.1. The van der Waals surface area contributed by atoms with Gasteiger partial charge in [-0.05, 0) is 65.4 Å². The van der Waals surface area contributed by atoms with E-state index < -0.39 is 0 Å². The Balaban J connectivity index is 0.000000401. The maximum atomic E-state index is 11.2. The van der Waals surface area contributed by atoms with Crippen LogP contribution in [-0.2, 0) is 4.79 Å². The van der Waals surface area contributed by atoms with E-state index in [0.717, 1.165) is 30.4 Å². The largest absolute Gasteiger partial charge is 0.392 e. The monoisotopic (exact) mass is 304 g/mol. The van der Waals surface area contributed by atoms with Crippen LogP contribution in [0.5, 0.6) is 0 Å². The van der Waals surface area contributed by atoms with Crippen molar-refractivity contribution in [2.75, 3.05) is 6.61 Å². The van der Waals surface area contributed by atoms with Crippen LogP contribution in [0.15, 0.2) is 47.1 Å². The SMILES string of the molecule is C=C(C)[C@@H]1CC=C(C)C(=O)C1.CC(C)=CCC/C(C)=C/CO. The van der Waals surface area contributed by atoms with Gasteiger partial charge in [0.1, 0.15) is 0 Å². The van der Waals surface area contributed by atoms with Gasteiger partial charge in [0.15, 0.2) is 5.78 Å². The van der Waals surface area contributed by atoms with Crippen molar-refractivity contribution in [1.29, 1.82) is 0 Å². The molecule has 0 saturated carbocycles. The van der Waals surface area contributed by atoms with Gasteiger partial charge in [0.05, 0.1) is 6.61 Å². The Morgan fingerprint density at radius 1 is 1.32 bits per heavy atom. The number of carbonyl (C=O) groups is 1. The van der Waals surface area contributed by atoms with Gasteiger partial charge in [0, 0.05) is 6.42 Å². The van der Waals surface area contributed by atoms with E-state index in [1.165, 1.54) is 11.1 Å². The molecule has 0 aromatic rings. The first-order chi connectivity index (χ1) is 10.3. The molecule has 0 unspecified atom stereocenters. The Morgan fingerprint density at radius 2 is 1.95 bits per heavy atom. The lowest BCUT2D eigenvalue weighted by atomic mass is 9.85. The van der Waals surface area contributed by atoms with Crippen molar-refractivity contribution in [1.82, 2.24) is 0 Å². The summed E-state index contributed by atoms with van der Waals surface area (Å²) < 4.78 is 0. The third-order valence-electron chi connectivity index (χ3n) is 3.81. The highest BCUT2D eigenvalue weighted by Gasteiger charge is 2.19. The molecule has 0 fully saturated rings.